The maximum atomic E-state index is 5.34. The average Bonchev–Trinajstić information content (AvgIpc) is 3.07. The molecule has 2 aromatic rings. The highest BCUT2D eigenvalue weighted by atomic mass is 16.5. The van der Waals surface area contributed by atoms with Crippen molar-refractivity contribution in [1.29, 1.82) is 0 Å². The van der Waals surface area contributed by atoms with Gasteiger partial charge in [-0.3, -0.25) is 0 Å². The smallest absolute Gasteiger partial charge is 0.161 e. The summed E-state index contributed by atoms with van der Waals surface area (Å²) in [5, 5.41) is 0. The number of fused-ring (bicyclic) bond motifs is 2. The molecule has 0 atom stereocenters. The molecule has 19 heavy (non-hydrogen) atoms. The van der Waals surface area contributed by atoms with Gasteiger partial charge in [0, 0.05) is 13.5 Å². The lowest BCUT2D eigenvalue weighted by Crippen LogP contribution is -2.14. The monoisotopic (exact) mass is 255 g/mol. The number of benzene rings is 2. The van der Waals surface area contributed by atoms with Crippen LogP contribution in [0.5, 0.6) is 11.5 Å². The molecule has 0 spiro atoms. The van der Waals surface area contributed by atoms with Gasteiger partial charge in [0.2, 0.25) is 0 Å². The maximum absolute atomic E-state index is 5.34. The fourth-order valence-electron chi connectivity index (χ4n) is 2.25. The highest BCUT2D eigenvalue weighted by Crippen LogP contribution is 2.31. The molecule has 3 heteroatoms. The summed E-state index contributed by atoms with van der Waals surface area (Å²) in [7, 11) is 2.02. The van der Waals surface area contributed by atoms with Gasteiger partial charge in [-0.25, -0.2) is 0 Å². The van der Waals surface area contributed by atoms with E-state index in [1.165, 1.54) is 11.3 Å². The quantitative estimate of drug-likeness (QED) is 0.722. The van der Waals surface area contributed by atoms with Crippen LogP contribution in [0.1, 0.15) is 5.56 Å². The van der Waals surface area contributed by atoms with E-state index in [1.54, 1.807) is 0 Å². The Morgan fingerprint density at radius 3 is 2.42 bits per heavy atom. The molecular formula is C16H17NO2. The van der Waals surface area contributed by atoms with Crippen molar-refractivity contribution in [3.63, 3.8) is 0 Å². The largest absolute Gasteiger partial charge is 0.493 e. The molecule has 0 radical (unpaired) electrons. The molecule has 2 aliphatic rings. The van der Waals surface area contributed by atoms with Gasteiger partial charge in [0.15, 0.2) is 6.73 Å². The highest BCUT2D eigenvalue weighted by molar-refractivity contribution is 5.60. The SMILES string of the molecule is CN1COc2ccccc21.c1ccc2c(c1)CCO2. The van der Waals surface area contributed by atoms with Gasteiger partial charge in [0.05, 0.1) is 12.3 Å². The van der Waals surface area contributed by atoms with E-state index in [0.29, 0.717) is 6.73 Å². The molecule has 0 fully saturated rings. The Hall–Kier alpha value is -2.16. The van der Waals surface area contributed by atoms with Crippen molar-refractivity contribution in [3.8, 4) is 11.5 Å². The minimum absolute atomic E-state index is 0.680. The van der Waals surface area contributed by atoms with Crippen LogP contribution in [0.4, 0.5) is 5.69 Å². The summed E-state index contributed by atoms with van der Waals surface area (Å²) >= 11 is 0. The number of hydrogen-bond acceptors (Lipinski definition) is 3. The lowest BCUT2D eigenvalue weighted by molar-refractivity contribution is 0.353. The summed E-state index contributed by atoms with van der Waals surface area (Å²) in [4.78, 5) is 2.08. The Morgan fingerprint density at radius 1 is 0.895 bits per heavy atom. The summed E-state index contributed by atoms with van der Waals surface area (Å²) in [6, 6.07) is 16.2. The fourth-order valence-corrected chi connectivity index (χ4v) is 2.25. The second-order valence-electron chi connectivity index (χ2n) is 4.65. The molecule has 0 saturated heterocycles. The van der Waals surface area contributed by atoms with Gasteiger partial charge in [-0.2, -0.15) is 0 Å². The predicted octanol–water partition coefficient (Wildman–Crippen LogP) is 3.09. The van der Waals surface area contributed by atoms with Gasteiger partial charge in [-0.15, -0.1) is 0 Å². The summed E-state index contributed by atoms with van der Waals surface area (Å²) in [5.74, 6) is 2.06. The van der Waals surface area contributed by atoms with Gasteiger partial charge in [-0.1, -0.05) is 30.3 Å². The molecule has 0 N–H and O–H groups in total. The van der Waals surface area contributed by atoms with Crippen LogP contribution in [0.15, 0.2) is 48.5 Å². The van der Waals surface area contributed by atoms with Gasteiger partial charge in [0.25, 0.3) is 0 Å². The average molecular weight is 255 g/mol. The van der Waals surface area contributed by atoms with Gasteiger partial charge >= 0.3 is 0 Å². The van der Waals surface area contributed by atoms with Crippen molar-refractivity contribution in [2.45, 2.75) is 6.42 Å². The number of rotatable bonds is 0. The third kappa shape index (κ3) is 2.50. The molecule has 4 rings (SSSR count). The van der Waals surface area contributed by atoms with Crippen molar-refractivity contribution < 1.29 is 9.47 Å². The van der Waals surface area contributed by atoms with E-state index in [-0.39, 0.29) is 0 Å². The number of ether oxygens (including phenoxy) is 2. The van der Waals surface area contributed by atoms with E-state index in [1.807, 2.05) is 43.4 Å². The van der Waals surface area contributed by atoms with Crippen molar-refractivity contribution in [3.05, 3.63) is 54.1 Å². The van der Waals surface area contributed by atoms with Crippen LogP contribution >= 0.6 is 0 Å². The molecule has 2 aliphatic heterocycles. The third-order valence-corrected chi connectivity index (χ3v) is 3.29. The van der Waals surface area contributed by atoms with Gasteiger partial charge in [-0.05, 0) is 23.8 Å². The van der Waals surface area contributed by atoms with E-state index in [2.05, 4.69) is 17.0 Å². The zero-order valence-electron chi connectivity index (χ0n) is 11.0. The van der Waals surface area contributed by atoms with E-state index < -0.39 is 0 Å². The molecule has 0 aromatic heterocycles. The van der Waals surface area contributed by atoms with Crippen LogP contribution < -0.4 is 14.4 Å². The summed E-state index contributed by atoms with van der Waals surface area (Å²) < 4.78 is 10.6. The van der Waals surface area contributed by atoms with Crippen LogP contribution in [-0.2, 0) is 6.42 Å². The lowest BCUT2D eigenvalue weighted by atomic mass is 10.2. The first-order chi connectivity index (χ1) is 9.34. The van der Waals surface area contributed by atoms with E-state index in [0.717, 1.165) is 24.5 Å². The Balaban J connectivity index is 0.000000117. The number of nitrogens with zero attached hydrogens (tertiary/aromatic N) is 1. The first-order valence-electron chi connectivity index (χ1n) is 6.48. The molecule has 0 unspecified atom stereocenters. The van der Waals surface area contributed by atoms with Gasteiger partial charge in [0.1, 0.15) is 11.5 Å². The number of para-hydroxylation sites is 3. The Bertz CT molecular complexity index is 545. The first kappa shape index (κ1) is 11.9. The second-order valence-corrected chi connectivity index (χ2v) is 4.65. The van der Waals surface area contributed by atoms with Crippen molar-refractivity contribution in [1.82, 2.24) is 0 Å². The van der Waals surface area contributed by atoms with Crippen LogP contribution in [0.2, 0.25) is 0 Å². The topological polar surface area (TPSA) is 21.7 Å². The van der Waals surface area contributed by atoms with E-state index >= 15 is 0 Å². The molecule has 0 aliphatic carbocycles. The fraction of sp³-hybridized carbons (Fsp3) is 0.250. The summed E-state index contributed by atoms with van der Waals surface area (Å²) in [6.07, 6.45) is 1.08. The van der Waals surface area contributed by atoms with E-state index in [9.17, 15) is 0 Å². The summed E-state index contributed by atoms with van der Waals surface area (Å²) in [6.45, 7) is 1.54. The van der Waals surface area contributed by atoms with Crippen molar-refractivity contribution in [2.75, 3.05) is 25.3 Å². The molecule has 2 heterocycles. The Labute approximate surface area is 113 Å². The van der Waals surface area contributed by atoms with E-state index in [4.69, 9.17) is 9.47 Å². The second kappa shape index (κ2) is 5.22. The van der Waals surface area contributed by atoms with Crippen LogP contribution in [-0.4, -0.2) is 20.4 Å². The van der Waals surface area contributed by atoms with Crippen LogP contribution in [0.25, 0.3) is 0 Å². The van der Waals surface area contributed by atoms with Crippen molar-refractivity contribution >= 4 is 5.69 Å². The lowest BCUT2D eigenvalue weighted by Gasteiger charge is -2.05. The normalized spacial score (nSPS) is 14.7. The number of hydrogen-bond donors (Lipinski definition) is 0. The highest BCUT2D eigenvalue weighted by Gasteiger charge is 2.14. The van der Waals surface area contributed by atoms with Crippen LogP contribution in [0.3, 0.4) is 0 Å². The minimum atomic E-state index is 0.680. The standard InChI is InChI=1S/C8H9NO.C8H8O/c1-9-6-10-8-5-3-2-4-7(8)9;1-2-4-8-7(3-1)5-6-9-8/h2-5H,6H2,1H3;1-4H,5-6H2. The maximum Gasteiger partial charge on any atom is 0.161 e. The first-order valence-corrected chi connectivity index (χ1v) is 6.48. The van der Waals surface area contributed by atoms with Gasteiger partial charge < -0.3 is 14.4 Å². The Morgan fingerprint density at radius 2 is 1.63 bits per heavy atom. The molecule has 0 saturated carbocycles. The Kier molecular flexibility index (Phi) is 3.27. The number of anilines is 1. The third-order valence-electron chi connectivity index (χ3n) is 3.29. The minimum Gasteiger partial charge on any atom is -0.493 e. The predicted molar refractivity (Wildman–Crippen MR) is 76.0 cm³/mol. The molecule has 0 bridgehead atoms. The zero-order valence-corrected chi connectivity index (χ0v) is 11.0. The molecule has 3 nitrogen and oxygen atoms in total. The molecule has 2 aromatic carbocycles. The van der Waals surface area contributed by atoms with Crippen LogP contribution in [0, 0.1) is 0 Å². The summed E-state index contributed by atoms with van der Waals surface area (Å²) in [5.41, 5.74) is 2.53. The molecule has 0 amide bonds. The zero-order chi connectivity index (χ0) is 13.1. The molecular weight excluding hydrogens is 238 g/mol. The van der Waals surface area contributed by atoms with Crippen molar-refractivity contribution in [2.24, 2.45) is 0 Å². The molecule has 98 valence electrons.